The average molecular weight is 458 g/mol. The summed E-state index contributed by atoms with van der Waals surface area (Å²) in [4.78, 5) is 16.0. The van der Waals surface area contributed by atoms with Crippen molar-refractivity contribution < 1.29 is 4.79 Å². The molecule has 1 amide bonds. The molecular formula is C19H31IN4O. The predicted octanol–water partition coefficient (Wildman–Crippen LogP) is 2.79. The van der Waals surface area contributed by atoms with Gasteiger partial charge in [-0.25, -0.2) is 0 Å². The molecule has 25 heavy (non-hydrogen) atoms. The summed E-state index contributed by atoms with van der Waals surface area (Å²) in [7, 11) is 0. The van der Waals surface area contributed by atoms with Crippen LogP contribution in [0.3, 0.4) is 0 Å². The number of amides is 1. The van der Waals surface area contributed by atoms with Gasteiger partial charge in [0.1, 0.15) is 0 Å². The lowest BCUT2D eigenvalue weighted by Gasteiger charge is -2.43. The number of benzene rings is 1. The predicted molar refractivity (Wildman–Crippen MR) is 114 cm³/mol. The summed E-state index contributed by atoms with van der Waals surface area (Å²) in [5.74, 6) is 0.413. The van der Waals surface area contributed by atoms with E-state index in [0.29, 0.717) is 6.54 Å². The highest BCUT2D eigenvalue weighted by atomic mass is 127. The van der Waals surface area contributed by atoms with Gasteiger partial charge in [-0.3, -0.25) is 9.79 Å². The number of carbonyl (C=O) groups is 1. The molecule has 5 nitrogen and oxygen atoms in total. The Morgan fingerprint density at radius 1 is 1.24 bits per heavy atom. The van der Waals surface area contributed by atoms with Gasteiger partial charge in [-0.1, -0.05) is 36.8 Å². The van der Waals surface area contributed by atoms with Gasteiger partial charge in [0, 0.05) is 18.5 Å². The summed E-state index contributed by atoms with van der Waals surface area (Å²) in [6.45, 7) is 7.67. The zero-order valence-electron chi connectivity index (χ0n) is 15.5. The quantitative estimate of drug-likeness (QED) is 0.334. The second-order valence-corrected chi connectivity index (χ2v) is 7.30. The molecule has 0 unspecified atom stereocenters. The van der Waals surface area contributed by atoms with Crippen LogP contribution in [0.25, 0.3) is 0 Å². The molecule has 1 aliphatic carbocycles. The first-order chi connectivity index (χ1) is 11.4. The molecule has 2 rings (SSSR count). The lowest BCUT2D eigenvalue weighted by atomic mass is 9.64. The molecule has 0 atom stereocenters. The Labute approximate surface area is 168 Å². The molecule has 1 aromatic rings. The molecule has 0 aliphatic heterocycles. The van der Waals surface area contributed by atoms with Crippen LogP contribution in [0.5, 0.6) is 0 Å². The lowest BCUT2D eigenvalue weighted by molar-refractivity contribution is -0.125. The molecule has 1 saturated carbocycles. The van der Waals surface area contributed by atoms with E-state index in [1.807, 2.05) is 20.8 Å². The number of hydrogen-bond donors (Lipinski definition) is 3. The Morgan fingerprint density at radius 3 is 2.36 bits per heavy atom. The SMILES string of the molecule is CCNC(=NCC(C)(C)C(N)=O)NCC1(c2ccccc2)CCC1.I. The molecule has 140 valence electrons. The van der Waals surface area contributed by atoms with Crippen LogP contribution >= 0.6 is 24.0 Å². The molecule has 0 heterocycles. The molecule has 0 aromatic heterocycles. The van der Waals surface area contributed by atoms with Crippen LogP contribution in [-0.4, -0.2) is 31.5 Å². The van der Waals surface area contributed by atoms with Crippen molar-refractivity contribution in [3.05, 3.63) is 35.9 Å². The number of aliphatic imine (C=N–C) groups is 1. The van der Waals surface area contributed by atoms with Gasteiger partial charge in [0.05, 0.1) is 12.0 Å². The summed E-state index contributed by atoms with van der Waals surface area (Å²) < 4.78 is 0. The molecule has 0 radical (unpaired) electrons. The van der Waals surface area contributed by atoms with E-state index < -0.39 is 5.41 Å². The highest BCUT2D eigenvalue weighted by molar-refractivity contribution is 14.0. The standard InChI is InChI=1S/C19H30N4O.HI/c1-4-21-17(22-13-18(2,3)16(20)24)23-14-19(11-8-12-19)15-9-6-5-7-10-15;/h5-7,9-10H,4,8,11-14H2,1-3H3,(H2,20,24)(H2,21,22,23);1H. The number of primary amides is 1. The van der Waals surface area contributed by atoms with Crippen LogP contribution in [-0.2, 0) is 10.2 Å². The van der Waals surface area contributed by atoms with Crippen LogP contribution < -0.4 is 16.4 Å². The van der Waals surface area contributed by atoms with E-state index in [0.717, 1.165) is 19.0 Å². The zero-order valence-corrected chi connectivity index (χ0v) is 17.8. The maximum Gasteiger partial charge on any atom is 0.224 e. The summed E-state index contributed by atoms with van der Waals surface area (Å²) in [5, 5.41) is 6.71. The minimum atomic E-state index is -0.643. The fourth-order valence-corrected chi connectivity index (χ4v) is 2.91. The molecule has 0 saturated heterocycles. The summed E-state index contributed by atoms with van der Waals surface area (Å²) >= 11 is 0. The van der Waals surface area contributed by atoms with E-state index in [1.54, 1.807) is 0 Å². The van der Waals surface area contributed by atoms with Gasteiger partial charge in [-0.05, 0) is 39.2 Å². The summed E-state index contributed by atoms with van der Waals surface area (Å²) in [6, 6.07) is 10.7. The van der Waals surface area contributed by atoms with Gasteiger partial charge < -0.3 is 16.4 Å². The maximum absolute atomic E-state index is 11.5. The number of nitrogens with zero attached hydrogens (tertiary/aromatic N) is 1. The Bertz CT molecular complexity index is 582. The summed E-state index contributed by atoms with van der Waals surface area (Å²) in [5.41, 5.74) is 6.37. The highest BCUT2D eigenvalue weighted by Gasteiger charge is 2.38. The van der Waals surface area contributed by atoms with Crippen molar-refractivity contribution in [2.75, 3.05) is 19.6 Å². The van der Waals surface area contributed by atoms with Crippen molar-refractivity contribution in [1.82, 2.24) is 10.6 Å². The fourth-order valence-electron chi connectivity index (χ4n) is 2.91. The third kappa shape index (κ3) is 5.59. The number of carbonyl (C=O) groups excluding carboxylic acids is 1. The first kappa shape index (κ1) is 21.7. The van der Waals surface area contributed by atoms with Crippen molar-refractivity contribution in [3.8, 4) is 0 Å². The monoisotopic (exact) mass is 458 g/mol. The molecule has 1 fully saturated rings. The normalized spacial score (nSPS) is 16.4. The van der Waals surface area contributed by atoms with Crippen molar-refractivity contribution >= 4 is 35.8 Å². The first-order valence-electron chi connectivity index (χ1n) is 8.77. The molecule has 0 spiro atoms. The van der Waals surface area contributed by atoms with E-state index in [2.05, 4.69) is 46.0 Å². The molecule has 0 bridgehead atoms. The van der Waals surface area contributed by atoms with Crippen molar-refractivity contribution in [2.24, 2.45) is 16.1 Å². The van der Waals surface area contributed by atoms with Gasteiger partial charge in [0.25, 0.3) is 0 Å². The van der Waals surface area contributed by atoms with Crippen LogP contribution in [0.15, 0.2) is 35.3 Å². The Morgan fingerprint density at radius 2 is 1.88 bits per heavy atom. The first-order valence-corrected chi connectivity index (χ1v) is 8.77. The molecule has 4 N–H and O–H groups in total. The largest absolute Gasteiger partial charge is 0.369 e. The smallest absolute Gasteiger partial charge is 0.224 e. The van der Waals surface area contributed by atoms with E-state index in [4.69, 9.17) is 5.73 Å². The van der Waals surface area contributed by atoms with Gasteiger partial charge in [-0.15, -0.1) is 24.0 Å². The van der Waals surface area contributed by atoms with Gasteiger partial charge in [-0.2, -0.15) is 0 Å². The number of nitrogens with two attached hydrogens (primary N) is 1. The highest BCUT2D eigenvalue weighted by Crippen LogP contribution is 2.43. The Hall–Kier alpha value is -1.31. The van der Waals surface area contributed by atoms with Crippen LogP contribution in [0, 0.1) is 5.41 Å². The third-order valence-electron chi connectivity index (χ3n) is 4.93. The van der Waals surface area contributed by atoms with E-state index in [1.165, 1.54) is 24.8 Å². The average Bonchev–Trinajstić information content (AvgIpc) is 2.52. The van der Waals surface area contributed by atoms with E-state index in [-0.39, 0.29) is 35.3 Å². The van der Waals surface area contributed by atoms with Crippen molar-refractivity contribution in [2.45, 2.75) is 45.4 Å². The van der Waals surface area contributed by atoms with Crippen LogP contribution in [0.4, 0.5) is 0 Å². The van der Waals surface area contributed by atoms with E-state index >= 15 is 0 Å². The van der Waals surface area contributed by atoms with Gasteiger partial charge in [0.2, 0.25) is 5.91 Å². The molecule has 6 heteroatoms. The molecule has 1 aliphatic rings. The van der Waals surface area contributed by atoms with Crippen LogP contribution in [0.2, 0.25) is 0 Å². The minimum Gasteiger partial charge on any atom is -0.369 e. The molecular weight excluding hydrogens is 427 g/mol. The lowest BCUT2D eigenvalue weighted by Crippen LogP contribution is -2.49. The number of hydrogen-bond acceptors (Lipinski definition) is 2. The number of guanidine groups is 1. The zero-order chi connectivity index (χ0) is 17.6. The second kappa shape index (κ2) is 9.40. The number of halogens is 1. The van der Waals surface area contributed by atoms with E-state index in [9.17, 15) is 4.79 Å². The van der Waals surface area contributed by atoms with Gasteiger partial charge >= 0.3 is 0 Å². The fraction of sp³-hybridized carbons (Fsp3) is 0.579. The van der Waals surface area contributed by atoms with Crippen LogP contribution in [0.1, 0.15) is 45.6 Å². The van der Waals surface area contributed by atoms with Crippen molar-refractivity contribution in [1.29, 1.82) is 0 Å². The second-order valence-electron chi connectivity index (χ2n) is 7.30. The van der Waals surface area contributed by atoms with Gasteiger partial charge in [0.15, 0.2) is 5.96 Å². The number of nitrogens with one attached hydrogen (secondary N) is 2. The third-order valence-corrected chi connectivity index (χ3v) is 4.93. The number of rotatable bonds is 7. The summed E-state index contributed by atoms with van der Waals surface area (Å²) in [6.07, 6.45) is 3.64. The van der Waals surface area contributed by atoms with Crippen molar-refractivity contribution in [3.63, 3.8) is 0 Å². The topological polar surface area (TPSA) is 79.5 Å². The maximum atomic E-state index is 11.5. The Kier molecular flexibility index (Phi) is 8.18. The molecule has 1 aromatic carbocycles. The minimum absolute atomic E-state index is 0. The Balaban J connectivity index is 0.00000312.